The Hall–Kier alpha value is -1.67. The molecule has 0 aliphatic heterocycles. The number of hydrogen-bond acceptors (Lipinski definition) is 2. The number of benzene rings is 1. The molecule has 0 saturated heterocycles. The number of nitrogens with zero attached hydrogens (tertiary/aromatic N) is 1. The van der Waals surface area contributed by atoms with Gasteiger partial charge in [0.2, 0.25) is 0 Å². The molecule has 0 radical (unpaired) electrons. The van der Waals surface area contributed by atoms with Crippen molar-refractivity contribution in [1.29, 1.82) is 0 Å². The Balaban J connectivity index is 1.90. The highest BCUT2D eigenvalue weighted by Crippen LogP contribution is 2.15. The van der Waals surface area contributed by atoms with Crippen molar-refractivity contribution in [3.05, 3.63) is 65.5 Å². The SMILES string of the molecule is CC(C)Cc1ccc(C(C)NCc2ccccn2)cc1. The van der Waals surface area contributed by atoms with Crippen LogP contribution in [0.4, 0.5) is 0 Å². The fraction of sp³-hybridized carbons (Fsp3) is 0.389. The first-order chi connectivity index (χ1) is 9.65. The second-order valence-electron chi connectivity index (χ2n) is 5.76. The summed E-state index contributed by atoms with van der Waals surface area (Å²) in [7, 11) is 0. The maximum absolute atomic E-state index is 4.33. The Morgan fingerprint density at radius 1 is 1.00 bits per heavy atom. The van der Waals surface area contributed by atoms with E-state index in [4.69, 9.17) is 0 Å². The van der Waals surface area contributed by atoms with Crippen LogP contribution in [0.25, 0.3) is 0 Å². The van der Waals surface area contributed by atoms with Crippen molar-refractivity contribution in [2.24, 2.45) is 5.92 Å². The smallest absolute Gasteiger partial charge is 0.0541 e. The van der Waals surface area contributed by atoms with Crippen LogP contribution in [0.15, 0.2) is 48.7 Å². The molecule has 1 heterocycles. The molecule has 1 N–H and O–H groups in total. The fourth-order valence-electron chi connectivity index (χ4n) is 2.29. The number of rotatable bonds is 6. The summed E-state index contributed by atoms with van der Waals surface area (Å²) in [5.41, 5.74) is 3.82. The molecule has 2 aromatic rings. The number of nitrogens with one attached hydrogen (secondary N) is 1. The summed E-state index contributed by atoms with van der Waals surface area (Å²) in [6.45, 7) is 7.51. The molecule has 0 aliphatic rings. The van der Waals surface area contributed by atoms with Crippen molar-refractivity contribution in [3.63, 3.8) is 0 Å². The van der Waals surface area contributed by atoms with Crippen LogP contribution >= 0.6 is 0 Å². The maximum atomic E-state index is 4.33. The van der Waals surface area contributed by atoms with Gasteiger partial charge in [0.15, 0.2) is 0 Å². The van der Waals surface area contributed by atoms with Gasteiger partial charge in [-0.2, -0.15) is 0 Å². The van der Waals surface area contributed by atoms with Crippen molar-refractivity contribution >= 4 is 0 Å². The zero-order chi connectivity index (χ0) is 14.4. The summed E-state index contributed by atoms with van der Waals surface area (Å²) in [6, 6.07) is 15.3. The number of hydrogen-bond donors (Lipinski definition) is 1. The van der Waals surface area contributed by atoms with Crippen molar-refractivity contribution in [2.75, 3.05) is 0 Å². The van der Waals surface area contributed by atoms with Gasteiger partial charge in [0.25, 0.3) is 0 Å². The first-order valence-electron chi connectivity index (χ1n) is 7.37. The van der Waals surface area contributed by atoms with E-state index in [1.807, 2.05) is 24.4 Å². The van der Waals surface area contributed by atoms with E-state index >= 15 is 0 Å². The Morgan fingerprint density at radius 2 is 1.75 bits per heavy atom. The third kappa shape index (κ3) is 4.46. The first-order valence-corrected chi connectivity index (χ1v) is 7.37. The van der Waals surface area contributed by atoms with Gasteiger partial charge < -0.3 is 5.32 Å². The maximum Gasteiger partial charge on any atom is 0.0541 e. The van der Waals surface area contributed by atoms with E-state index in [1.165, 1.54) is 11.1 Å². The Kier molecular flexibility index (Phi) is 5.31. The zero-order valence-electron chi connectivity index (χ0n) is 12.6. The average molecular weight is 268 g/mol. The van der Waals surface area contributed by atoms with Crippen LogP contribution in [0.2, 0.25) is 0 Å². The van der Waals surface area contributed by atoms with E-state index in [1.54, 1.807) is 0 Å². The summed E-state index contributed by atoms with van der Waals surface area (Å²) in [5.74, 6) is 0.709. The van der Waals surface area contributed by atoms with Crippen LogP contribution < -0.4 is 5.32 Å². The quantitative estimate of drug-likeness (QED) is 0.852. The molecule has 2 heteroatoms. The summed E-state index contributed by atoms with van der Waals surface area (Å²) in [4.78, 5) is 4.33. The lowest BCUT2D eigenvalue weighted by Gasteiger charge is -2.15. The number of aromatic nitrogens is 1. The standard InChI is InChI=1S/C18H24N2/c1-14(2)12-16-7-9-17(10-8-16)15(3)20-13-18-6-4-5-11-19-18/h4-11,14-15,20H,12-13H2,1-3H3. The van der Waals surface area contributed by atoms with Gasteiger partial charge in [-0.1, -0.05) is 44.2 Å². The van der Waals surface area contributed by atoms with Gasteiger partial charge in [-0.05, 0) is 42.5 Å². The molecule has 0 aliphatic carbocycles. The molecule has 0 spiro atoms. The lowest BCUT2D eigenvalue weighted by atomic mass is 10.00. The lowest BCUT2D eigenvalue weighted by molar-refractivity contribution is 0.567. The van der Waals surface area contributed by atoms with E-state index in [2.05, 4.69) is 55.3 Å². The van der Waals surface area contributed by atoms with Crippen LogP contribution in [0.3, 0.4) is 0 Å². The van der Waals surface area contributed by atoms with Gasteiger partial charge >= 0.3 is 0 Å². The van der Waals surface area contributed by atoms with E-state index in [-0.39, 0.29) is 0 Å². The summed E-state index contributed by atoms with van der Waals surface area (Å²) >= 11 is 0. The van der Waals surface area contributed by atoms with Gasteiger partial charge in [0.1, 0.15) is 0 Å². The first kappa shape index (κ1) is 14.7. The van der Waals surface area contributed by atoms with Crippen molar-refractivity contribution < 1.29 is 0 Å². The normalized spacial score (nSPS) is 12.6. The largest absolute Gasteiger partial charge is 0.305 e. The molecule has 0 amide bonds. The van der Waals surface area contributed by atoms with Crippen LogP contribution in [0.1, 0.15) is 43.6 Å². The molecule has 2 rings (SSSR count). The highest BCUT2D eigenvalue weighted by atomic mass is 14.9. The van der Waals surface area contributed by atoms with Crippen LogP contribution in [0.5, 0.6) is 0 Å². The molecular formula is C18H24N2. The minimum atomic E-state index is 0.338. The summed E-state index contributed by atoms with van der Waals surface area (Å²) in [5, 5.41) is 3.51. The molecule has 0 bridgehead atoms. The van der Waals surface area contributed by atoms with Gasteiger partial charge in [-0.25, -0.2) is 0 Å². The van der Waals surface area contributed by atoms with Crippen LogP contribution in [-0.4, -0.2) is 4.98 Å². The zero-order valence-corrected chi connectivity index (χ0v) is 12.6. The summed E-state index contributed by atoms with van der Waals surface area (Å²) in [6.07, 6.45) is 2.98. The van der Waals surface area contributed by atoms with E-state index in [9.17, 15) is 0 Å². The van der Waals surface area contributed by atoms with Crippen molar-refractivity contribution in [1.82, 2.24) is 10.3 Å². The van der Waals surface area contributed by atoms with E-state index < -0.39 is 0 Å². The minimum Gasteiger partial charge on any atom is -0.305 e. The molecule has 1 aromatic heterocycles. The second kappa shape index (κ2) is 7.20. The lowest BCUT2D eigenvalue weighted by Crippen LogP contribution is -2.18. The Morgan fingerprint density at radius 3 is 2.35 bits per heavy atom. The van der Waals surface area contributed by atoms with Crippen molar-refractivity contribution in [3.8, 4) is 0 Å². The fourth-order valence-corrected chi connectivity index (χ4v) is 2.29. The van der Waals surface area contributed by atoms with Crippen LogP contribution in [-0.2, 0) is 13.0 Å². The molecule has 106 valence electrons. The molecule has 0 saturated carbocycles. The molecule has 1 aromatic carbocycles. The molecule has 20 heavy (non-hydrogen) atoms. The topological polar surface area (TPSA) is 24.9 Å². The van der Waals surface area contributed by atoms with E-state index in [0.29, 0.717) is 12.0 Å². The highest BCUT2D eigenvalue weighted by molar-refractivity contribution is 5.25. The predicted octanol–water partition coefficient (Wildman–Crippen LogP) is 4.13. The predicted molar refractivity (Wildman–Crippen MR) is 84.5 cm³/mol. The Labute approximate surface area is 122 Å². The molecule has 1 unspecified atom stereocenters. The number of pyridine rings is 1. The van der Waals surface area contributed by atoms with Gasteiger partial charge in [-0.15, -0.1) is 0 Å². The third-order valence-electron chi connectivity index (χ3n) is 3.44. The second-order valence-corrected chi connectivity index (χ2v) is 5.76. The average Bonchev–Trinajstić information content (AvgIpc) is 2.46. The monoisotopic (exact) mass is 268 g/mol. The van der Waals surface area contributed by atoms with Gasteiger partial charge in [0.05, 0.1) is 5.69 Å². The molecule has 2 nitrogen and oxygen atoms in total. The molecule has 1 atom stereocenters. The van der Waals surface area contributed by atoms with Gasteiger partial charge in [0, 0.05) is 18.8 Å². The molecular weight excluding hydrogens is 244 g/mol. The highest BCUT2D eigenvalue weighted by Gasteiger charge is 2.05. The third-order valence-corrected chi connectivity index (χ3v) is 3.44. The Bertz CT molecular complexity index is 503. The molecule has 0 fully saturated rings. The van der Waals surface area contributed by atoms with E-state index in [0.717, 1.165) is 18.7 Å². The van der Waals surface area contributed by atoms with Crippen LogP contribution in [0, 0.1) is 5.92 Å². The summed E-state index contributed by atoms with van der Waals surface area (Å²) < 4.78 is 0. The van der Waals surface area contributed by atoms with Crippen molar-refractivity contribution in [2.45, 2.75) is 39.8 Å². The van der Waals surface area contributed by atoms with Gasteiger partial charge in [-0.3, -0.25) is 4.98 Å². The minimum absolute atomic E-state index is 0.338.